The van der Waals surface area contributed by atoms with Crippen molar-refractivity contribution in [1.82, 2.24) is 0 Å². The first-order valence-corrected chi connectivity index (χ1v) is 6.10. The SMILES string of the molecule is O=C(O)c1cc(O)ccc1NC(=O)c1ccccc1C(=O)O. The number of hydrogen-bond acceptors (Lipinski definition) is 4. The first-order chi connectivity index (χ1) is 10.4. The summed E-state index contributed by atoms with van der Waals surface area (Å²) in [5, 5.41) is 29.7. The molecule has 0 spiro atoms. The molecule has 0 saturated heterocycles. The highest BCUT2D eigenvalue weighted by molar-refractivity contribution is 6.12. The van der Waals surface area contributed by atoms with Gasteiger partial charge in [-0.2, -0.15) is 0 Å². The molecule has 2 aromatic rings. The first kappa shape index (κ1) is 15.0. The van der Waals surface area contributed by atoms with Gasteiger partial charge in [0.25, 0.3) is 5.91 Å². The minimum absolute atomic E-state index is 0.0458. The number of anilines is 1. The molecule has 0 saturated carbocycles. The zero-order chi connectivity index (χ0) is 16.3. The Morgan fingerprint density at radius 1 is 0.818 bits per heavy atom. The number of amides is 1. The number of aromatic carboxylic acids is 2. The molecule has 22 heavy (non-hydrogen) atoms. The summed E-state index contributed by atoms with van der Waals surface area (Å²) in [7, 11) is 0. The van der Waals surface area contributed by atoms with Crippen molar-refractivity contribution in [2.45, 2.75) is 0 Å². The number of hydrogen-bond donors (Lipinski definition) is 4. The van der Waals surface area contributed by atoms with E-state index in [2.05, 4.69) is 5.32 Å². The van der Waals surface area contributed by atoms with Crippen LogP contribution < -0.4 is 5.32 Å². The van der Waals surface area contributed by atoms with Crippen LogP contribution in [-0.2, 0) is 0 Å². The van der Waals surface area contributed by atoms with Crippen LogP contribution in [0, 0.1) is 0 Å². The molecule has 0 aliphatic carbocycles. The van der Waals surface area contributed by atoms with Crippen molar-refractivity contribution in [3.05, 3.63) is 59.2 Å². The molecule has 4 N–H and O–H groups in total. The van der Waals surface area contributed by atoms with Crippen molar-refractivity contribution in [3.63, 3.8) is 0 Å². The lowest BCUT2D eigenvalue weighted by atomic mass is 10.1. The van der Waals surface area contributed by atoms with Crippen molar-refractivity contribution in [1.29, 1.82) is 0 Å². The van der Waals surface area contributed by atoms with Crippen LogP contribution in [0.25, 0.3) is 0 Å². The third-order valence-corrected chi connectivity index (χ3v) is 2.88. The number of phenolic OH excluding ortho intramolecular Hbond substituents is 1. The fourth-order valence-corrected chi connectivity index (χ4v) is 1.88. The van der Waals surface area contributed by atoms with Gasteiger partial charge in [0.2, 0.25) is 0 Å². The van der Waals surface area contributed by atoms with E-state index in [1.165, 1.54) is 36.4 Å². The zero-order valence-electron chi connectivity index (χ0n) is 11.1. The summed E-state index contributed by atoms with van der Waals surface area (Å²) in [4.78, 5) is 34.4. The maximum atomic E-state index is 12.2. The Bertz CT molecular complexity index is 768. The molecule has 2 rings (SSSR count). The molecule has 0 fully saturated rings. The first-order valence-electron chi connectivity index (χ1n) is 6.10. The molecule has 7 nitrogen and oxygen atoms in total. The molecule has 0 aliphatic rings. The van der Waals surface area contributed by atoms with E-state index >= 15 is 0 Å². The van der Waals surface area contributed by atoms with E-state index in [0.717, 1.165) is 6.07 Å². The van der Waals surface area contributed by atoms with Gasteiger partial charge in [0, 0.05) is 0 Å². The predicted molar refractivity (Wildman–Crippen MR) is 76.4 cm³/mol. The topological polar surface area (TPSA) is 124 Å². The molecule has 0 bridgehead atoms. The maximum Gasteiger partial charge on any atom is 0.337 e. The molecular weight excluding hydrogens is 290 g/mol. The van der Waals surface area contributed by atoms with Crippen LogP contribution in [0.1, 0.15) is 31.1 Å². The number of aromatic hydroxyl groups is 1. The van der Waals surface area contributed by atoms with Gasteiger partial charge in [-0.25, -0.2) is 9.59 Å². The van der Waals surface area contributed by atoms with Crippen molar-refractivity contribution < 1.29 is 29.7 Å². The van der Waals surface area contributed by atoms with Crippen molar-refractivity contribution in [2.24, 2.45) is 0 Å². The van der Waals surface area contributed by atoms with Crippen LogP contribution in [-0.4, -0.2) is 33.2 Å². The Kier molecular flexibility index (Phi) is 4.08. The number of carbonyl (C=O) groups is 3. The van der Waals surface area contributed by atoms with Crippen LogP contribution in [0.5, 0.6) is 5.75 Å². The number of rotatable bonds is 4. The van der Waals surface area contributed by atoms with Gasteiger partial charge in [-0.1, -0.05) is 12.1 Å². The third-order valence-electron chi connectivity index (χ3n) is 2.88. The highest BCUT2D eigenvalue weighted by atomic mass is 16.4. The largest absolute Gasteiger partial charge is 0.508 e. The molecule has 112 valence electrons. The van der Waals surface area contributed by atoms with Crippen molar-refractivity contribution in [2.75, 3.05) is 5.32 Å². The summed E-state index contributed by atoms with van der Waals surface area (Å²) in [5.74, 6) is -3.62. The monoisotopic (exact) mass is 301 g/mol. The molecule has 2 aromatic carbocycles. The fraction of sp³-hybridized carbons (Fsp3) is 0. The highest BCUT2D eigenvalue weighted by Gasteiger charge is 2.18. The number of benzene rings is 2. The smallest absolute Gasteiger partial charge is 0.337 e. The molecule has 0 radical (unpaired) electrons. The standard InChI is InChI=1S/C15H11NO6/c17-8-5-6-12(11(7-8)15(21)22)16-13(18)9-3-1-2-4-10(9)14(19)20/h1-7,17H,(H,16,18)(H,19,20)(H,21,22). The van der Waals surface area contributed by atoms with Gasteiger partial charge in [-0.05, 0) is 30.3 Å². The van der Waals surface area contributed by atoms with Gasteiger partial charge in [-0.15, -0.1) is 0 Å². The minimum atomic E-state index is -1.34. The van der Waals surface area contributed by atoms with Crippen LogP contribution in [0.3, 0.4) is 0 Å². The van der Waals surface area contributed by atoms with Gasteiger partial charge in [0.1, 0.15) is 5.75 Å². The van der Waals surface area contributed by atoms with E-state index in [4.69, 9.17) is 10.2 Å². The predicted octanol–water partition coefficient (Wildman–Crippen LogP) is 2.04. The lowest BCUT2D eigenvalue weighted by Gasteiger charge is -2.10. The second-order valence-electron chi connectivity index (χ2n) is 4.34. The summed E-state index contributed by atoms with van der Waals surface area (Å²) < 4.78 is 0. The lowest BCUT2D eigenvalue weighted by Crippen LogP contribution is -2.18. The zero-order valence-corrected chi connectivity index (χ0v) is 11.1. The second-order valence-corrected chi connectivity index (χ2v) is 4.34. The van der Waals surface area contributed by atoms with E-state index in [1.54, 1.807) is 0 Å². The molecule has 1 amide bonds. The average Bonchev–Trinajstić information content (AvgIpc) is 2.48. The molecule has 0 aliphatic heterocycles. The number of carboxylic acids is 2. The Hall–Kier alpha value is -3.35. The highest BCUT2D eigenvalue weighted by Crippen LogP contribution is 2.22. The number of carboxylic acid groups (broad SMARTS) is 2. The summed E-state index contributed by atoms with van der Waals surface area (Å²) in [6, 6.07) is 8.98. The molecule has 0 heterocycles. The van der Waals surface area contributed by atoms with Crippen LogP contribution in [0.4, 0.5) is 5.69 Å². The van der Waals surface area contributed by atoms with Crippen molar-refractivity contribution in [3.8, 4) is 5.75 Å². The van der Waals surface area contributed by atoms with Gasteiger partial charge >= 0.3 is 11.9 Å². The van der Waals surface area contributed by atoms with Crippen LogP contribution in [0.2, 0.25) is 0 Å². The Morgan fingerprint density at radius 2 is 1.41 bits per heavy atom. The van der Waals surface area contributed by atoms with Crippen molar-refractivity contribution >= 4 is 23.5 Å². The van der Waals surface area contributed by atoms with E-state index in [-0.39, 0.29) is 28.1 Å². The third kappa shape index (κ3) is 3.04. The Labute approximate surface area is 124 Å². The molecule has 7 heteroatoms. The normalized spacial score (nSPS) is 10.0. The van der Waals surface area contributed by atoms with Gasteiger partial charge in [0.15, 0.2) is 0 Å². The summed E-state index contributed by atoms with van der Waals surface area (Å²) in [6.45, 7) is 0. The van der Waals surface area contributed by atoms with Gasteiger partial charge < -0.3 is 20.6 Å². The molecular formula is C15H11NO6. The summed E-state index contributed by atoms with van der Waals surface area (Å²) in [6.07, 6.45) is 0. The van der Waals surface area contributed by atoms with E-state index in [0.29, 0.717) is 0 Å². The molecule has 0 atom stereocenters. The Morgan fingerprint density at radius 3 is 2.00 bits per heavy atom. The van der Waals surface area contributed by atoms with E-state index in [1.807, 2.05) is 0 Å². The number of nitrogens with one attached hydrogen (secondary N) is 1. The minimum Gasteiger partial charge on any atom is -0.508 e. The Balaban J connectivity index is 2.38. The van der Waals surface area contributed by atoms with Crippen LogP contribution >= 0.6 is 0 Å². The van der Waals surface area contributed by atoms with E-state index < -0.39 is 17.8 Å². The number of carbonyl (C=O) groups excluding carboxylic acids is 1. The van der Waals surface area contributed by atoms with Gasteiger partial charge in [-0.3, -0.25) is 4.79 Å². The van der Waals surface area contributed by atoms with E-state index in [9.17, 15) is 19.5 Å². The fourth-order valence-electron chi connectivity index (χ4n) is 1.88. The molecule has 0 aromatic heterocycles. The lowest BCUT2D eigenvalue weighted by molar-refractivity contribution is 0.0684. The van der Waals surface area contributed by atoms with Gasteiger partial charge in [0.05, 0.1) is 22.4 Å². The second kappa shape index (κ2) is 5.96. The van der Waals surface area contributed by atoms with Crippen LogP contribution in [0.15, 0.2) is 42.5 Å². The molecule has 0 unspecified atom stereocenters. The summed E-state index contributed by atoms with van der Waals surface area (Å²) >= 11 is 0. The quantitative estimate of drug-likeness (QED) is 0.641. The maximum absolute atomic E-state index is 12.2. The average molecular weight is 301 g/mol. The summed E-state index contributed by atoms with van der Waals surface area (Å²) in [5.41, 5.74) is -0.647. The number of phenols is 1.